The fourth-order valence-corrected chi connectivity index (χ4v) is 2.32. The van der Waals surface area contributed by atoms with E-state index in [0.29, 0.717) is 18.7 Å². The summed E-state index contributed by atoms with van der Waals surface area (Å²) in [5.41, 5.74) is 0. The zero-order valence-electron chi connectivity index (χ0n) is 8.97. The second-order valence-corrected chi connectivity index (χ2v) is 5.38. The van der Waals surface area contributed by atoms with Crippen LogP contribution >= 0.6 is 0 Å². The normalized spacial score (nSPS) is 10.7. The zero-order chi connectivity index (χ0) is 10.9. The molecule has 0 radical (unpaired) electrons. The molecule has 0 aromatic heterocycles. The molecule has 0 bridgehead atoms. The summed E-state index contributed by atoms with van der Waals surface area (Å²) in [7, 11) is -2.82. The van der Waals surface area contributed by atoms with Crippen LogP contribution in [0.2, 0.25) is 0 Å². The van der Waals surface area contributed by atoms with Crippen LogP contribution in [0.4, 0.5) is 0 Å². The van der Waals surface area contributed by atoms with Crippen LogP contribution in [-0.4, -0.2) is 33.0 Å². The molecule has 14 heavy (non-hydrogen) atoms. The number of hydrogen-bond acceptors (Lipinski definition) is 3. The third kappa shape index (κ3) is 8.09. The molecule has 0 aromatic carbocycles. The Hall–Kier alpha value is -0.530. The van der Waals surface area contributed by atoms with Gasteiger partial charge in [-0.2, -0.15) is 0 Å². The Morgan fingerprint density at radius 3 is 2.50 bits per heavy atom. The summed E-state index contributed by atoms with van der Waals surface area (Å²) in [4.78, 5) is 0. The van der Waals surface area contributed by atoms with Gasteiger partial charge in [0.25, 0.3) is 0 Å². The average molecular weight is 217 g/mol. The Balaban J connectivity index is 3.48. The Labute approximate surface area is 87.2 Å². The van der Waals surface area contributed by atoms with E-state index in [4.69, 9.17) is 0 Å². The van der Waals surface area contributed by atoms with Crippen LogP contribution in [0.3, 0.4) is 0 Å². The highest BCUT2D eigenvalue weighted by Gasteiger charge is 2.07. The first kappa shape index (κ1) is 13.5. The van der Waals surface area contributed by atoms with E-state index in [1.54, 1.807) is 6.92 Å². The molecule has 82 valence electrons. The monoisotopic (exact) mass is 217 g/mol. The predicted molar refractivity (Wildman–Crippen MR) is 59.9 cm³/mol. The second-order valence-electron chi connectivity index (χ2n) is 3.08. The van der Waals surface area contributed by atoms with Gasteiger partial charge in [-0.15, -0.1) is 11.8 Å². The summed E-state index contributed by atoms with van der Waals surface area (Å²) < 4.78 is 22.5. The van der Waals surface area contributed by atoms with E-state index in [-0.39, 0.29) is 5.75 Å². The first-order valence-electron chi connectivity index (χ1n) is 4.93. The smallest absolute Gasteiger partial charge is 0.151 e. The lowest BCUT2D eigenvalue weighted by Gasteiger charge is -2.03. The maximum Gasteiger partial charge on any atom is 0.151 e. The molecule has 0 saturated heterocycles. The van der Waals surface area contributed by atoms with Crippen molar-refractivity contribution in [2.45, 2.75) is 26.7 Å². The highest BCUT2D eigenvalue weighted by atomic mass is 32.2. The molecule has 0 spiro atoms. The average Bonchev–Trinajstić information content (AvgIpc) is 2.11. The van der Waals surface area contributed by atoms with Crippen molar-refractivity contribution in [2.75, 3.05) is 24.6 Å². The molecule has 0 amide bonds. The molecule has 0 aliphatic carbocycles. The van der Waals surface area contributed by atoms with Gasteiger partial charge in [0.15, 0.2) is 9.84 Å². The minimum atomic E-state index is -2.82. The third-order valence-electron chi connectivity index (χ3n) is 1.71. The number of nitrogens with one attached hydrogen (secondary N) is 1. The fraction of sp³-hybridized carbons (Fsp3) is 0.800. The van der Waals surface area contributed by atoms with Gasteiger partial charge < -0.3 is 5.32 Å². The summed E-state index contributed by atoms with van der Waals surface area (Å²) in [6, 6.07) is 0. The van der Waals surface area contributed by atoms with Gasteiger partial charge in [-0.25, -0.2) is 8.42 Å². The topological polar surface area (TPSA) is 46.2 Å². The molecule has 4 heteroatoms. The molecule has 0 aliphatic rings. The summed E-state index contributed by atoms with van der Waals surface area (Å²) in [5, 5.41) is 3.05. The van der Waals surface area contributed by atoms with E-state index in [9.17, 15) is 8.42 Å². The van der Waals surface area contributed by atoms with Crippen molar-refractivity contribution in [1.82, 2.24) is 5.32 Å². The molecular weight excluding hydrogens is 198 g/mol. The second kappa shape index (κ2) is 7.84. The SMILES string of the molecule is CC#CCCNCCS(=O)(=O)CCC. The Morgan fingerprint density at radius 2 is 1.93 bits per heavy atom. The molecule has 0 saturated carbocycles. The van der Waals surface area contributed by atoms with Crippen LogP contribution in [0.5, 0.6) is 0 Å². The van der Waals surface area contributed by atoms with Crippen molar-refractivity contribution in [3.05, 3.63) is 0 Å². The molecule has 0 aliphatic heterocycles. The first-order chi connectivity index (χ1) is 6.62. The van der Waals surface area contributed by atoms with Crippen molar-refractivity contribution in [3.63, 3.8) is 0 Å². The highest BCUT2D eigenvalue weighted by molar-refractivity contribution is 7.91. The van der Waals surface area contributed by atoms with Crippen LogP contribution < -0.4 is 5.32 Å². The van der Waals surface area contributed by atoms with Crippen LogP contribution in [-0.2, 0) is 9.84 Å². The molecule has 0 atom stereocenters. The Morgan fingerprint density at radius 1 is 1.21 bits per heavy atom. The third-order valence-corrected chi connectivity index (χ3v) is 3.56. The lowest BCUT2D eigenvalue weighted by molar-refractivity contribution is 0.590. The first-order valence-corrected chi connectivity index (χ1v) is 6.75. The Kier molecular flexibility index (Phi) is 7.54. The molecule has 0 fully saturated rings. The lowest BCUT2D eigenvalue weighted by atomic mass is 10.4. The van der Waals surface area contributed by atoms with E-state index in [0.717, 1.165) is 13.0 Å². The van der Waals surface area contributed by atoms with E-state index in [1.165, 1.54) is 0 Å². The van der Waals surface area contributed by atoms with Crippen LogP contribution in [0.25, 0.3) is 0 Å². The zero-order valence-corrected chi connectivity index (χ0v) is 9.78. The maximum absolute atomic E-state index is 11.3. The number of rotatable bonds is 7. The van der Waals surface area contributed by atoms with Gasteiger partial charge in [0, 0.05) is 25.3 Å². The van der Waals surface area contributed by atoms with E-state index in [2.05, 4.69) is 17.2 Å². The van der Waals surface area contributed by atoms with Crippen molar-refractivity contribution in [2.24, 2.45) is 0 Å². The maximum atomic E-state index is 11.3. The summed E-state index contributed by atoms with van der Waals surface area (Å²) in [6.07, 6.45) is 1.48. The molecule has 0 rings (SSSR count). The van der Waals surface area contributed by atoms with Gasteiger partial charge in [0.2, 0.25) is 0 Å². The van der Waals surface area contributed by atoms with Gasteiger partial charge in [-0.1, -0.05) is 6.92 Å². The minimum absolute atomic E-state index is 0.237. The van der Waals surface area contributed by atoms with Crippen LogP contribution in [0.1, 0.15) is 26.7 Å². The minimum Gasteiger partial charge on any atom is -0.315 e. The summed E-state index contributed by atoms with van der Waals surface area (Å²) in [6.45, 7) is 4.98. The van der Waals surface area contributed by atoms with E-state index in [1.807, 2.05) is 6.92 Å². The van der Waals surface area contributed by atoms with Crippen LogP contribution in [0, 0.1) is 11.8 Å². The van der Waals surface area contributed by atoms with E-state index < -0.39 is 9.84 Å². The van der Waals surface area contributed by atoms with Gasteiger partial charge in [0.1, 0.15) is 0 Å². The quantitative estimate of drug-likeness (QED) is 0.507. The fourth-order valence-electron chi connectivity index (χ4n) is 1.04. The molecule has 0 unspecified atom stereocenters. The molecule has 0 aromatic rings. The lowest BCUT2D eigenvalue weighted by Crippen LogP contribution is -2.24. The van der Waals surface area contributed by atoms with Gasteiger partial charge in [0.05, 0.1) is 5.75 Å². The van der Waals surface area contributed by atoms with E-state index >= 15 is 0 Å². The number of sulfone groups is 1. The van der Waals surface area contributed by atoms with Gasteiger partial charge >= 0.3 is 0 Å². The molecule has 3 nitrogen and oxygen atoms in total. The highest BCUT2D eigenvalue weighted by Crippen LogP contribution is 1.91. The number of hydrogen-bond donors (Lipinski definition) is 1. The summed E-state index contributed by atoms with van der Waals surface area (Å²) in [5.74, 6) is 6.23. The summed E-state index contributed by atoms with van der Waals surface area (Å²) >= 11 is 0. The van der Waals surface area contributed by atoms with Crippen molar-refractivity contribution < 1.29 is 8.42 Å². The van der Waals surface area contributed by atoms with Crippen LogP contribution in [0.15, 0.2) is 0 Å². The van der Waals surface area contributed by atoms with Gasteiger partial charge in [-0.3, -0.25) is 0 Å². The largest absolute Gasteiger partial charge is 0.315 e. The Bertz CT molecular complexity index is 285. The van der Waals surface area contributed by atoms with Crippen molar-refractivity contribution >= 4 is 9.84 Å². The van der Waals surface area contributed by atoms with Crippen molar-refractivity contribution in [1.29, 1.82) is 0 Å². The molecule has 0 heterocycles. The standard InChI is InChI=1S/C10H19NO2S/c1-3-5-6-7-11-8-10-14(12,13)9-4-2/h11H,4,6-10H2,1-2H3. The predicted octanol–water partition coefficient (Wildman–Crippen LogP) is 0.814. The van der Waals surface area contributed by atoms with Crippen molar-refractivity contribution in [3.8, 4) is 11.8 Å². The molecular formula is C10H19NO2S. The molecule has 1 N–H and O–H groups in total. The van der Waals surface area contributed by atoms with Gasteiger partial charge in [-0.05, 0) is 13.3 Å².